The zero-order chi connectivity index (χ0) is 11.1. The van der Waals surface area contributed by atoms with E-state index in [4.69, 9.17) is 4.74 Å². The van der Waals surface area contributed by atoms with Gasteiger partial charge in [-0.15, -0.1) is 0 Å². The molecule has 0 radical (unpaired) electrons. The summed E-state index contributed by atoms with van der Waals surface area (Å²) < 4.78 is 7.34. The first kappa shape index (κ1) is 11.4. The van der Waals surface area contributed by atoms with Crippen LogP contribution in [-0.4, -0.2) is 36.1 Å². The summed E-state index contributed by atoms with van der Waals surface area (Å²) in [6.07, 6.45) is 8.26. The molecule has 1 aliphatic heterocycles. The Morgan fingerprint density at radius 2 is 2.50 bits per heavy atom. The topological polar surface area (TPSA) is 39.1 Å². The van der Waals surface area contributed by atoms with Crippen LogP contribution >= 0.6 is 0 Å². The Morgan fingerprint density at radius 3 is 3.25 bits per heavy atom. The Morgan fingerprint density at radius 1 is 1.50 bits per heavy atom. The van der Waals surface area contributed by atoms with E-state index in [1.807, 2.05) is 23.1 Å². The number of nitrogens with zero attached hydrogens (tertiary/aromatic N) is 2. The molecule has 0 fully saturated rings. The molecule has 2 heterocycles. The Kier molecular flexibility index (Phi) is 4.58. The summed E-state index contributed by atoms with van der Waals surface area (Å²) in [7, 11) is 0. The van der Waals surface area contributed by atoms with Gasteiger partial charge in [0.05, 0.1) is 13.2 Å². The van der Waals surface area contributed by atoms with E-state index in [0.717, 1.165) is 45.7 Å². The monoisotopic (exact) mass is 221 g/mol. The van der Waals surface area contributed by atoms with E-state index in [1.165, 1.54) is 5.57 Å². The molecule has 4 nitrogen and oxygen atoms in total. The lowest BCUT2D eigenvalue weighted by Gasteiger charge is -2.14. The first-order valence-electron chi connectivity index (χ1n) is 5.89. The minimum absolute atomic E-state index is 0.798. The number of aromatic nitrogens is 2. The van der Waals surface area contributed by atoms with Crippen molar-refractivity contribution in [2.24, 2.45) is 0 Å². The molecular weight excluding hydrogens is 202 g/mol. The normalized spacial score (nSPS) is 16.1. The molecule has 0 aliphatic carbocycles. The second-order valence-corrected chi connectivity index (χ2v) is 4.00. The smallest absolute Gasteiger partial charge is 0.0689 e. The van der Waals surface area contributed by atoms with Gasteiger partial charge in [-0.2, -0.15) is 5.10 Å². The van der Waals surface area contributed by atoms with Crippen molar-refractivity contribution in [3.8, 4) is 0 Å². The van der Waals surface area contributed by atoms with E-state index in [0.29, 0.717) is 0 Å². The highest BCUT2D eigenvalue weighted by Gasteiger charge is 2.02. The van der Waals surface area contributed by atoms with E-state index < -0.39 is 0 Å². The van der Waals surface area contributed by atoms with E-state index in [9.17, 15) is 0 Å². The van der Waals surface area contributed by atoms with Gasteiger partial charge in [0.1, 0.15) is 0 Å². The van der Waals surface area contributed by atoms with Crippen molar-refractivity contribution in [2.45, 2.75) is 19.4 Å². The third-order valence-corrected chi connectivity index (χ3v) is 2.63. The maximum absolute atomic E-state index is 5.38. The lowest BCUT2D eigenvalue weighted by molar-refractivity contribution is 0.149. The van der Waals surface area contributed by atoms with Crippen LogP contribution in [0.1, 0.15) is 12.8 Å². The number of hydrogen-bond acceptors (Lipinski definition) is 3. The van der Waals surface area contributed by atoms with Crippen molar-refractivity contribution in [1.29, 1.82) is 0 Å². The van der Waals surface area contributed by atoms with Crippen LogP contribution in [-0.2, 0) is 11.3 Å². The second kappa shape index (κ2) is 6.45. The fourth-order valence-electron chi connectivity index (χ4n) is 1.78. The average Bonchev–Trinajstić information content (AvgIpc) is 2.83. The lowest BCUT2D eigenvalue weighted by Crippen LogP contribution is -2.23. The predicted octanol–water partition coefficient (Wildman–Crippen LogP) is 1.21. The first-order chi connectivity index (χ1) is 7.95. The molecule has 0 atom stereocenters. The molecule has 1 aromatic rings. The summed E-state index contributed by atoms with van der Waals surface area (Å²) in [6, 6.07) is 1.96. The van der Waals surface area contributed by atoms with Crippen molar-refractivity contribution in [1.82, 2.24) is 15.1 Å². The molecule has 2 rings (SSSR count). The highest BCUT2D eigenvalue weighted by molar-refractivity contribution is 5.06. The number of nitrogens with one attached hydrogen (secondary N) is 1. The number of aryl methyl sites for hydroxylation is 1. The maximum Gasteiger partial charge on any atom is 0.0689 e. The molecule has 1 N–H and O–H groups in total. The second-order valence-electron chi connectivity index (χ2n) is 4.00. The Balaban J connectivity index is 1.53. The van der Waals surface area contributed by atoms with E-state index >= 15 is 0 Å². The van der Waals surface area contributed by atoms with Crippen LogP contribution in [0, 0.1) is 0 Å². The molecule has 1 aromatic heterocycles. The summed E-state index contributed by atoms with van der Waals surface area (Å²) in [5, 5.41) is 7.59. The molecule has 0 unspecified atom stereocenters. The first-order valence-corrected chi connectivity index (χ1v) is 5.89. The molecule has 0 aromatic carbocycles. The SMILES string of the molecule is C1=C(CNCCCn2cccn2)COCC1. The van der Waals surface area contributed by atoms with Gasteiger partial charge in [0.25, 0.3) is 0 Å². The fourth-order valence-corrected chi connectivity index (χ4v) is 1.78. The van der Waals surface area contributed by atoms with Gasteiger partial charge in [-0.25, -0.2) is 0 Å². The van der Waals surface area contributed by atoms with Gasteiger partial charge < -0.3 is 10.1 Å². The summed E-state index contributed by atoms with van der Waals surface area (Å²) in [6.45, 7) is 4.64. The average molecular weight is 221 g/mol. The molecule has 0 saturated heterocycles. The Hall–Kier alpha value is -1.13. The Labute approximate surface area is 96.3 Å². The van der Waals surface area contributed by atoms with Crippen LogP contribution in [0.15, 0.2) is 30.1 Å². The van der Waals surface area contributed by atoms with Gasteiger partial charge >= 0.3 is 0 Å². The molecule has 16 heavy (non-hydrogen) atoms. The van der Waals surface area contributed by atoms with Crippen molar-refractivity contribution in [2.75, 3.05) is 26.3 Å². The highest BCUT2D eigenvalue weighted by Crippen LogP contribution is 2.03. The van der Waals surface area contributed by atoms with Gasteiger partial charge in [0.2, 0.25) is 0 Å². The lowest BCUT2D eigenvalue weighted by atomic mass is 10.2. The third-order valence-electron chi connectivity index (χ3n) is 2.63. The molecule has 1 aliphatic rings. The van der Waals surface area contributed by atoms with Gasteiger partial charge in [-0.1, -0.05) is 6.08 Å². The van der Waals surface area contributed by atoms with Gasteiger partial charge in [-0.3, -0.25) is 4.68 Å². The van der Waals surface area contributed by atoms with Gasteiger partial charge in [-0.05, 0) is 31.0 Å². The molecule has 88 valence electrons. The fraction of sp³-hybridized carbons (Fsp3) is 0.583. The van der Waals surface area contributed by atoms with Gasteiger partial charge in [0, 0.05) is 25.5 Å². The summed E-state index contributed by atoms with van der Waals surface area (Å²) >= 11 is 0. The molecule has 0 spiro atoms. The standard InChI is InChI=1S/C12H19N3O/c1-4-12(11-16-9-1)10-13-5-2-7-15-8-3-6-14-15/h3-4,6,8,13H,1-2,5,7,9-11H2. The zero-order valence-corrected chi connectivity index (χ0v) is 9.56. The van der Waals surface area contributed by atoms with Crippen LogP contribution in [0.3, 0.4) is 0 Å². The summed E-state index contributed by atoms with van der Waals surface area (Å²) in [5.41, 5.74) is 1.38. The van der Waals surface area contributed by atoms with E-state index in [1.54, 1.807) is 0 Å². The summed E-state index contributed by atoms with van der Waals surface area (Å²) in [4.78, 5) is 0. The third kappa shape index (κ3) is 3.79. The number of ether oxygens (including phenoxy) is 1. The minimum atomic E-state index is 0.798. The quantitative estimate of drug-likeness (QED) is 0.579. The maximum atomic E-state index is 5.38. The van der Waals surface area contributed by atoms with Crippen molar-refractivity contribution in [3.63, 3.8) is 0 Å². The minimum Gasteiger partial charge on any atom is -0.377 e. The van der Waals surface area contributed by atoms with E-state index in [-0.39, 0.29) is 0 Å². The summed E-state index contributed by atoms with van der Waals surface area (Å²) in [5.74, 6) is 0. The van der Waals surface area contributed by atoms with Crippen molar-refractivity contribution in [3.05, 3.63) is 30.1 Å². The molecule has 0 saturated carbocycles. The predicted molar refractivity (Wildman–Crippen MR) is 63.2 cm³/mol. The Bertz CT molecular complexity index is 319. The molecular formula is C12H19N3O. The van der Waals surface area contributed by atoms with Crippen LogP contribution in [0.2, 0.25) is 0 Å². The van der Waals surface area contributed by atoms with Crippen LogP contribution in [0.4, 0.5) is 0 Å². The molecule has 4 heteroatoms. The highest BCUT2D eigenvalue weighted by atomic mass is 16.5. The van der Waals surface area contributed by atoms with E-state index in [2.05, 4.69) is 16.5 Å². The largest absolute Gasteiger partial charge is 0.377 e. The van der Waals surface area contributed by atoms with Crippen LogP contribution < -0.4 is 5.32 Å². The zero-order valence-electron chi connectivity index (χ0n) is 9.56. The van der Waals surface area contributed by atoms with Crippen LogP contribution in [0.5, 0.6) is 0 Å². The van der Waals surface area contributed by atoms with Crippen molar-refractivity contribution < 1.29 is 4.74 Å². The van der Waals surface area contributed by atoms with Crippen molar-refractivity contribution >= 4 is 0 Å². The molecule has 0 amide bonds. The van der Waals surface area contributed by atoms with Gasteiger partial charge in [0.15, 0.2) is 0 Å². The number of rotatable bonds is 6. The number of hydrogen-bond donors (Lipinski definition) is 1. The van der Waals surface area contributed by atoms with Crippen LogP contribution in [0.25, 0.3) is 0 Å². The molecule has 0 bridgehead atoms.